The molecule has 0 aliphatic carbocycles. The van der Waals surface area contributed by atoms with Gasteiger partial charge in [-0.05, 0) is 52.2 Å². The van der Waals surface area contributed by atoms with Crippen LogP contribution in [0.4, 0.5) is 19.1 Å². The van der Waals surface area contributed by atoms with Crippen LogP contribution in [0.1, 0.15) is 21.6 Å². The number of hydrogen-bond acceptors (Lipinski definition) is 7. The van der Waals surface area contributed by atoms with Crippen molar-refractivity contribution in [2.45, 2.75) is 6.36 Å². The Morgan fingerprint density at radius 3 is 2.53 bits per heavy atom. The predicted octanol–water partition coefficient (Wildman–Crippen LogP) is 3.90. The Labute approximate surface area is 213 Å². The molecule has 1 amide bonds. The van der Waals surface area contributed by atoms with Crippen LogP contribution in [0.25, 0.3) is 0 Å². The monoisotopic (exact) mass is 561 g/mol. The predicted molar refractivity (Wildman–Crippen MR) is 128 cm³/mol. The number of carbonyl (C=O) groups excluding carboxylic acids is 1. The number of anilines is 1. The van der Waals surface area contributed by atoms with E-state index >= 15 is 0 Å². The molecule has 0 bridgehead atoms. The number of hydrogen-bond donors (Lipinski definition) is 0. The van der Waals surface area contributed by atoms with E-state index in [1.54, 1.807) is 29.3 Å². The summed E-state index contributed by atoms with van der Waals surface area (Å²) >= 11 is 3.31. The van der Waals surface area contributed by atoms with Gasteiger partial charge in [-0.15, -0.1) is 13.2 Å². The summed E-state index contributed by atoms with van der Waals surface area (Å²) in [4.78, 5) is 29.4. The number of amides is 1. The molecular formula is C24H19BrF3N5O3. The van der Waals surface area contributed by atoms with E-state index in [1.165, 1.54) is 25.4 Å². The summed E-state index contributed by atoms with van der Waals surface area (Å²) in [5.41, 5.74) is 0.498. The van der Waals surface area contributed by atoms with Crippen molar-refractivity contribution in [3.63, 3.8) is 0 Å². The topological polar surface area (TPSA) is 80.7 Å². The minimum absolute atomic E-state index is 0.0715. The summed E-state index contributed by atoms with van der Waals surface area (Å²) in [6.07, 6.45) is -1.79. The van der Waals surface area contributed by atoms with Gasteiger partial charge < -0.3 is 19.3 Å². The van der Waals surface area contributed by atoms with Crippen LogP contribution in [0.2, 0.25) is 0 Å². The Morgan fingerprint density at radius 2 is 1.86 bits per heavy atom. The van der Waals surface area contributed by atoms with Gasteiger partial charge in [-0.2, -0.15) is 4.98 Å². The standard InChI is InChI=1S/C24H19BrF3N5O3/c1-35-21-19(25)15-30-23(31-21)33-12-10-32(11-13-33)22(34)17-6-8-20(36-24(26,27)28)16(14-17)5-7-18-4-2-3-9-29-18/h2-4,6,8-9,14-15H,10-13H2,1H3. The summed E-state index contributed by atoms with van der Waals surface area (Å²) in [5, 5.41) is 0. The van der Waals surface area contributed by atoms with Gasteiger partial charge in [0.15, 0.2) is 0 Å². The van der Waals surface area contributed by atoms with Crippen LogP contribution in [0, 0.1) is 11.8 Å². The minimum atomic E-state index is -4.90. The molecule has 8 nitrogen and oxygen atoms in total. The first kappa shape index (κ1) is 25.2. The molecule has 2 aromatic heterocycles. The Bertz CT molecular complexity index is 1300. The van der Waals surface area contributed by atoms with Crippen LogP contribution in [-0.4, -0.2) is 65.4 Å². The summed E-state index contributed by atoms with van der Waals surface area (Å²) in [5.74, 6) is 5.40. The van der Waals surface area contributed by atoms with Gasteiger partial charge in [0.2, 0.25) is 11.8 Å². The molecular weight excluding hydrogens is 543 g/mol. The van der Waals surface area contributed by atoms with Crippen molar-refractivity contribution >= 4 is 27.8 Å². The number of nitrogens with zero attached hydrogens (tertiary/aromatic N) is 5. The average molecular weight is 562 g/mol. The van der Waals surface area contributed by atoms with Crippen molar-refractivity contribution in [3.05, 3.63) is 70.1 Å². The van der Waals surface area contributed by atoms with Crippen molar-refractivity contribution in [3.8, 4) is 23.5 Å². The fourth-order valence-electron chi connectivity index (χ4n) is 3.47. The second kappa shape index (κ2) is 10.8. The van der Waals surface area contributed by atoms with Gasteiger partial charge >= 0.3 is 6.36 Å². The number of pyridine rings is 1. The molecule has 1 aliphatic rings. The SMILES string of the molecule is COc1nc(N2CCN(C(=O)c3ccc(OC(F)(F)F)c(C#Cc4ccccn4)c3)CC2)ncc1Br. The highest BCUT2D eigenvalue weighted by atomic mass is 79.9. The third-order valence-corrected chi connectivity index (χ3v) is 5.73. The van der Waals surface area contributed by atoms with Crippen molar-refractivity contribution in [2.75, 3.05) is 38.2 Å². The van der Waals surface area contributed by atoms with Gasteiger partial charge in [0, 0.05) is 37.9 Å². The van der Waals surface area contributed by atoms with E-state index in [1.807, 2.05) is 4.90 Å². The van der Waals surface area contributed by atoms with Gasteiger partial charge in [0.25, 0.3) is 5.91 Å². The third kappa shape index (κ3) is 6.23. The number of piperazine rings is 1. The van der Waals surface area contributed by atoms with E-state index in [0.717, 1.165) is 6.07 Å². The van der Waals surface area contributed by atoms with Gasteiger partial charge in [0.05, 0.1) is 23.3 Å². The van der Waals surface area contributed by atoms with Crippen LogP contribution < -0.4 is 14.4 Å². The molecule has 3 heterocycles. The van der Waals surface area contributed by atoms with E-state index in [0.29, 0.717) is 48.2 Å². The van der Waals surface area contributed by atoms with Crippen LogP contribution in [0.15, 0.2) is 53.3 Å². The van der Waals surface area contributed by atoms with Crippen LogP contribution >= 0.6 is 15.9 Å². The minimum Gasteiger partial charge on any atom is -0.480 e. The lowest BCUT2D eigenvalue weighted by Crippen LogP contribution is -2.49. The highest BCUT2D eigenvalue weighted by Gasteiger charge is 2.32. The van der Waals surface area contributed by atoms with Gasteiger partial charge in [-0.25, -0.2) is 9.97 Å². The highest BCUT2D eigenvalue weighted by molar-refractivity contribution is 9.10. The number of aromatic nitrogens is 3. The summed E-state index contributed by atoms with van der Waals surface area (Å²) < 4.78 is 48.6. The molecule has 1 aliphatic heterocycles. The summed E-state index contributed by atoms with van der Waals surface area (Å²) in [6, 6.07) is 8.72. The number of rotatable bonds is 4. The molecule has 0 spiro atoms. The molecule has 12 heteroatoms. The van der Waals surface area contributed by atoms with Crippen LogP contribution in [0.3, 0.4) is 0 Å². The molecule has 36 heavy (non-hydrogen) atoms. The highest BCUT2D eigenvalue weighted by Crippen LogP contribution is 2.28. The first-order chi connectivity index (χ1) is 17.2. The average Bonchev–Trinajstić information content (AvgIpc) is 2.88. The van der Waals surface area contributed by atoms with Crippen molar-refractivity contribution in [1.82, 2.24) is 19.9 Å². The summed E-state index contributed by atoms with van der Waals surface area (Å²) in [7, 11) is 1.51. The molecule has 1 aromatic carbocycles. The van der Waals surface area contributed by atoms with Crippen molar-refractivity contribution in [2.24, 2.45) is 0 Å². The molecule has 4 rings (SSSR count). The molecule has 0 atom stereocenters. The number of methoxy groups -OCH3 is 1. The number of alkyl halides is 3. The molecule has 186 valence electrons. The normalized spacial score (nSPS) is 13.6. The fourth-order valence-corrected chi connectivity index (χ4v) is 3.83. The summed E-state index contributed by atoms with van der Waals surface area (Å²) in [6.45, 7) is 1.68. The maximum atomic E-state index is 13.1. The van der Waals surface area contributed by atoms with Gasteiger partial charge in [0.1, 0.15) is 11.4 Å². The second-order valence-corrected chi connectivity index (χ2v) is 8.38. The van der Waals surface area contributed by atoms with E-state index in [4.69, 9.17) is 4.74 Å². The zero-order chi connectivity index (χ0) is 25.7. The van der Waals surface area contributed by atoms with Gasteiger partial charge in [-0.1, -0.05) is 12.0 Å². The lowest BCUT2D eigenvalue weighted by atomic mass is 10.1. The van der Waals surface area contributed by atoms with E-state index < -0.39 is 12.1 Å². The Hall–Kier alpha value is -3.85. The molecule has 0 N–H and O–H groups in total. The smallest absolute Gasteiger partial charge is 0.480 e. The Morgan fingerprint density at radius 1 is 1.08 bits per heavy atom. The van der Waals surface area contributed by atoms with Crippen molar-refractivity contribution in [1.29, 1.82) is 0 Å². The lowest BCUT2D eigenvalue weighted by Gasteiger charge is -2.34. The number of ether oxygens (including phenoxy) is 2. The lowest BCUT2D eigenvalue weighted by molar-refractivity contribution is -0.274. The Kier molecular flexibility index (Phi) is 7.59. The number of carbonyl (C=O) groups is 1. The van der Waals surface area contributed by atoms with Gasteiger partial charge in [-0.3, -0.25) is 4.79 Å². The molecule has 1 saturated heterocycles. The maximum absolute atomic E-state index is 13.1. The molecule has 0 saturated carbocycles. The van der Waals surface area contributed by atoms with Crippen LogP contribution in [-0.2, 0) is 0 Å². The quantitative estimate of drug-likeness (QED) is 0.447. The van der Waals surface area contributed by atoms with Crippen molar-refractivity contribution < 1.29 is 27.4 Å². The first-order valence-corrected chi connectivity index (χ1v) is 11.5. The number of halogens is 4. The fraction of sp³-hybridized carbons (Fsp3) is 0.250. The first-order valence-electron chi connectivity index (χ1n) is 10.7. The van der Waals surface area contributed by atoms with E-state index in [-0.39, 0.29) is 17.0 Å². The largest absolute Gasteiger partial charge is 0.573 e. The molecule has 0 radical (unpaired) electrons. The van der Waals surface area contributed by atoms with Crippen LogP contribution in [0.5, 0.6) is 11.6 Å². The second-order valence-electron chi connectivity index (χ2n) is 7.53. The number of benzene rings is 1. The molecule has 1 fully saturated rings. The van der Waals surface area contributed by atoms with E-state index in [9.17, 15) is 18.0 Å². The zero-order valence-electron chi connectivity index (χ0n) is 18.9. The van der Waals surface area contributed by atoms with E-state index in [2.05, 4.69) is 47.5 Å². The molecule has 3 aromatic rings. The molecule has 0 unspecified atom stereocenters. The zero-order valence-corrected chi connectivity index (χ0v) is 20.5. The Balaban J connectivity index is 1.52. The maximum Gasteiger partial charge on any atom is 0.573 e. The third-order valence-electron chi connectivity index (χ3n) is 5.18.